The van der Waals surface area contributed by atoms with Gasteiger partial charge in [0, 0.05) is 49.7 Å². The fourth-order valence-corrected chi connectivity index (χ4v) is 4.73. The number of ether oxygens (including phenoxy) is 1. The van der Waals surface area contributed by atoms with Gasteiger partial charge >= 0.3 is 12.1 Å². The van der Waals surface area contributed by atoms with E-state index in [1.807, 2.05) is 0 Å². The number of hydrogen-bond acceptors (Lipinski definition) is 9. The summed E-state index contributed by atoms with van der Waals surface area (Å²) in [5.41, 5.74) is 0.871. The normalized spacial score (nSPS) is 14.6. The van der Waals surface area contributed by atoms with Gasteiger partial charge in [0.05, 0.1) is 11.5 Å². The maximum absolute atomic E-state index is 13.0. The van der Waals surface area contributed by atoms with Gasteiger partial charge in [-0.1, -0.05) is 5.10 Å². The van der Waals surface area contributed by atoms with Gasteiger partial charge in [-0.05, 0) is 43.3 Å². The van der Waals surface area contributed by atoms with Crippen LogP contribution in [-0.2, 0) is 14.8 Å². The molecule has 2 aromatic heterocycles. The molecule has 1 aliphatic heterocycles. The topological polar surface area (TPSA) is 148 Å². The lowest BCUT2D eigenvalue weighted by molar-refractivity contribution is 0.0933. The van der Waals surface area contributed by atoms with Gasteiger partial charge in [-0.25, -0.2) is 13.2 Å². The van der Waals surface area contributed by atoms with E-state index in [0.29, 0.717) is 5.56 Å². The Labute approximate surface area is 195 Å². The van der Waals surface area contributed by atoms with Crippen LogP contribution in [0.2, 0.25) is 0 Å². The highest BCUT2D eigenvalue weighted by atomic mass is 32.2. The minimum absolute atomic E-state index is 0.0476. The van der Waals surface area contributed by atoms with Crippen LogP contribution < -0.4 is 5.32 Å². The number of sulfonamides is 1. The Morgan fingerprint density at radius 3 is 2.35 bits per heavy atom. The van der Waals surface area contributed by atoms with Crippen molar-refractivity contribution in [2.45, 2.75) is 11.8 Å². The smallest absolute Gasteiger partial charge is 0.409 e. The molecule has 1 aromatic carbocycles. The molecule has 34 heavy (non-hydrogen) atoms. The maximum atomic E-state index is 13.0. The van der Waals surface area contributed by atoms with Crippen LogP contribution in [0.25, 0.3) is 11.5 Å². The standard InChI is InChI=1S/C21H22N6O6S/c1-2-32-21(29)26-11-13-27(14-12-26)34(30,31)17-5-3-15(4-6-17)18(28)23-20-25-24-19(33-20)16-7-9-22-10-8-16/h3-10H,2,11-14H2,1H3,(H,23,25,28). The van der Waals surface area contributed by atoms with Crippen LogP contribution in [0, 0.1) is 0 Å². The molecule has 1 aliphatic rings. The summed E-state index contributed by atoms with van der Waals surface area (Å²) in [4.78, 5) is 29.8. The maximum Gasteiger partial charge on any atom is 0.409 e. The van der Waals surface area contributed by atoms with Crippen molar-refractivity contribution in [1.82, 2.24) is 24.4 Å². The summed E-state index contributed by atoms with van der Waals surface area (Å²) in [7, 11) is -3.78. The largest absolute Gasteiger partial charge is 0.450 e. The third-order valence-corrected chi connectivity index (χ3v) is 7.00. The average molecular weight is 487 g/mol. The van der Waals surface area contributed by atoms with Gasteiger partial charge in [-0.2, -0.15) is 4.31 Å². The number of nitrogens with zero attached hydrogens (tertiary/aromatic N) is 5. The summed E-state index contributed by atoms with van der Waals surface area (Å²) >= 11 is 0. The second kappa shape index (κ2) is 9.97. The first kappa shape index (κ1) is 23.3. The molecule has 1 saturated heterocycles. The quantitative estimate of drug-likeness (QED) is 0.551. The molecule has 0 bridgehead atoms. The molecule has 0 aliphatic carbocycles. The van der Waals surface area contributed by atoms with E-state index in [4.69, 9.17) is 9.15 Å². The second-order valence-electron chi connectivity index (χ2n) is 7.22. The van der Waals surface area contributed by atoms with Crippen molar-refractivity contribution in [2.24, 2.45) is 0 Å². The van der Waals surface area contributed by atoms with Gasteiger partial charge in [-0.3, -0.25) is 15.1 Å². The molecule has 3 aromatic rings. The monoisotopic (exact) mass is 486 g/mol. The van der Waals surface area contributed by atoms with Crippen LogP contribution in [0.4, 0.5) is 10.8 Å². The van der Waals surface area contributed by atoms with Crippen molar-refractivity contribution in [1.29, 1.82) is 0 Å². The van der Waals surface area contributed by atoms with Crippen molar-refractivity contribution in [2.75, 3.05) is 38.1 Å². The predicted octanol–water partition coefficient (Wildman–Crippen LogP) is 1.85. The van der Waals surface area contributed by atoms with Gasteiger partial charge in [0.2, 0.25) is 15.9 Å². The van der Waals surface area contributed by atoms with E-state index >= 15 is 0 Å². The lowest BCUT2D eigenvalue weighted by Gasteiger charge is -2.33. The minimum atomic E-state index is -3.78. The number of hydrogen-bond donors (Lipinski definition) is 1. The van der Waals surface area contributed by atoms with E-state index in [1.165, 1.54) is 33.5 Å². The molecule has 178 valence electrons. The highest BCUT2D eigenvalue weighted by Crippen LogP contribution is 2.21. The number of benzene rings is 1. The molecule has 4 rings (SSSR count). The summed E-state index contributed by atoms with van der Waals surface area (Å²) in [6.07, 6.45) is 2.70. The summed E-state index contributed by atoms with van der Waals surface area (Å²) < 4.78 is 37.6. The average Bonchev–Trinajstić information content (AvgIpc) is 3.33. The molecule has 0 unspecified atom stereocenters. The van der Waals surface area contributed by atoms with Gasteiger partial charge < -0.3 is 14.1 Å². The summed E-state index contributed by atoms with van der Waals surface area (Å²) in [5.74, 6) is -0.306. The molecular weight excluding hydrogens is 464 g/mol. The number of piperazine rings is 1. The number of carbonyl (C=O) groups is 2. The molecule has 13 heteroatoms. The first-order valence-corrected chi connectivity index (χ1v) is 11.9. The molecule has 2 amide bonds. The van der Waals surface area contributed by atoms with Crippen molar-refractivity contribution in [3.8, 4) is 11.5 Å². The van der Waals surface area contributed by atoms with E-state index < -0.39 is 22.0 Å². The fraction of sp³-hybridized carbons (Fsp3) is 0.286. The number of amides is 2. The van der Waals surface area contributed by atoms with Crippen LogP contribution in [0.3, 0.4) is 0 Å². The van der Waals surface area contributed by atoms with Crippen molar-refractivity contribution in [3.05, 3.63) is 54.4 Å². The Bertz CT molecular complexity index is 1250. The number of pyridine rings is 1. The molecule has 0 spiro atoms. The lowest BCUT2D eigenvalue weighted by atomic mass is 10.2. The van der Waals surface area contributed by atoms with E-state index in [9.17, 15) is 18.0 Å². The molecule has 0 atom stereocenters. The van der Waals surface area contributed by atoms with Gasteiger partial charge in [-0.15, -0.1) is 5.10 Å². The number of aromatic nitrogens is 3. The highest BCUT2D eigenvalue weighted by Gasteiger charge is 2.30. The molecule has 0 saturated carbocycles. The molecule has 3 heterocycles. The summed E-state index contributed by atoms with van der Waals surface area (Å²) in [6, 6.07) is 8.81. The Kier molecular flexibility index (Phi) is 6.84. The molecular formula is C21H22N6O6S. The van der Waals surface area contributed by atoms with E-state index in [0.717, 1.165) is 0 Å². The third-order valence-electron chi connectivity index (χ3n) is 5.09. The van der Waals surface area contributed by atoms with Gasteiger partial charge in [0.1, 0.15) is 0 Å². The summed E-state index contributed by atoms with van der Waals surface area (Å²) in [5, 5.41) is 10.2. The second-order valence-corrected chi connectivity index (χ2v) is 9.15. The number of rotatable bonds is 6. The Morgan fingerprint density at radius 1 is 1.03 bits per heavy atom. The first-order valence-electron chi connectivity index (χ1n) is 10.5. The number of anilines is 1. The third kappa shape index (κ3) is 5.05. The van der Waals surface area contributed by atoms with Crippen LogP contribution in [0.5, 0.6) is 0 Å². The fourth-order valence-electron chi connectivity index (χ4n) is 3.31. The van der Waals surface area contributed by atoms with Crippen LogP contribution in [-0.4, -0.2) is 77.6 Å². The first-order chi connectivity index (χ1) is 16.4. The van der Waals surface area contributed by atoms with Gasteiger partial charge in [0.15, 0.2) is 0 Å². The summed E-state index contributed by atoms with van der Waals surface area (Å²) in [6.45, 7) is 2.76. The zero-order chi connectivity index (χ0) is 24.1. The van der Waals surface area contributed by atoms with Crippen molar-refractivity contribution in [3.63, 3.8) is 0 Å². The number of carbonyl (C=O) groups excluding carboxylic acids is 2. The lowest BCUT2D eigenvalue weighted by Crippen LogP contribution is -2.50. The molecule has 0 radical (unpaired) electrons. The van der Waals surface area contributed by atoms with Crippen LogP contribution in [0.1, 0.15) is 17.3 Å². The SMILES string of the molecule is CCOC(=O)N1CCN(S(=O)(=O)c2ccc(C(=O)Nc3nnc(-c4ccncc4)o3)cc2)CC1. The molecule has 1 fully saturated rings. The van der Waals surface area contributed by atoms with E-state index in [1.54, 1.807) is 31.5 Å². The molecule has 1 N–H and O–H groups in total. The van der Waals surface area contributed by atoms with E-state index in [2.05, 4.69) is 20.5 Å². The molecule has 12 nitrogen and oxygen atoms in total. The zero-order valence-corrected chi connectivity index (χ0v) is 19.1. The number of nitrogens with one attached hydrogen (secondary N) is 1. The van der Waals surface area contributed by atoms with Gasteiger partial charge in [0.25, 0.3) is 5.91 Å². The van der Waals surface area contributed by atoms with Crippen molar-refractivity contribution < 1.29 is 27.2 Å². The Morgan fingerprint density at radius 2 is 1.71 bits per heavy atom. The Balaban J connectivity index is 1.38. The van der Waals surface area contributed by atoms with Crippen LogP contribution >= 0.6 is 0 Å². The Hall–Kier alpha value is -3.84. The minimum Gasteiger partial charge on any atom is -0.450 e. The van der Waals surface area contributed by atoms with Crippen molar-refractivity contribution >= 4 is 28.0 Å². The highest BCUT2D eigenvalue weighted by molar-refractivity contribution is 7.89. The van der Waals surface area contributed by atoms with E-state index in [-0.39, 0.29) is 55.2 Å². The zero-order valence-electron chi connectivity index (χ0n) is 18.2. The van der Waals surface area contributed by atoms with Crippen LogP contribution in [0.15, 0.2) is 58.1 Å². The predicted molar refractivity (Wildman–Crippen MR) is 119 cm³/mol.